The van der Waals surface area contributed by atoms with Crippen LogP contribution >= 0.6 is 0 Å². The van der Waals surface area contributed by atoms with Gasteiger partial charge in [-0.2, -0.15) is 8.78 Å². The molecule has 0 atom stereocenters. The first-order chi connectivity index (χ1) is 14.7. The molecule has 0 radical (unpaired) electrons. The Bertz CT molecular complexity index is 1120. The Morgan fingerprint density at radius 3 is 2.26 bits per heavy atom. The fraction of sp³-hybridized carbons (Fsp3) is 0.182. The number of halogens is 4. The molecule has 0 aliphatic heterocycles. The maximum atomic E-state index is 13.7. The Kier molecular flexibility index (Phi) is 6.43. The van der Waals surface area contributed by atoms with Gasteiger partial charge in [-0.3, -0.25) is 4.79 Å². The van der Waals surface area contributed by atoms with Crippen molar-refractivity contribution in [2.45, 2.75) is 20.5 Å². The van der Waals surface area contributed by atoms with E-state index in [9.17, 15) is 27.2 Å². The molecular formula is C22H17F4NO4. The molecule has 0 amide bonds. The minimum Gasteiger partial charge on any atom is -0.454 e. The monoisotopic (exact) mass is 435 g/mol. The number of nitrogens with zero attached hydrogens (tertiary/aromatic N) is 1. The van der Waals surface area contributed by atoms with Crippen molar-refractivity contribution in [2.75, 3.05) is 6.61 Å². The van der Waals surface area contributed by atoms with Gasteiger partial charge in [-0.25, -0.2) is 13.6 Å². The number of carbonyl (C=O) groups is 2. The number of alkyl halides is 2. The van der Waals surface area contributed by atoms with Gasteiger partial charge in [0.1, 0.15) is 17.4 Å². The summed E-state index contributed by atoms with van der Waals surface area (Å²) >= 11 is 0. The molecule has 0 unspecified atom stereocenters. The van der Waals surface area contributed by atoms with Crippen LogP contribution in [0.3, 0.4) is 0 Å². The predicted molar refractivity (Wildman–Crippen MR) is 103 cm³/mol. The van der Waals surface area contributed by atoms with Crippen LogP contribution in [0.2, 0.25) is 0 Å². The highest BCUT2D eigenvalue weighted by Gasteiger charge is 2.20. The van der Waals surface area contributed by atoms with Crippen LogP contribution in [0.4, 0.5) is 17.6 Å². The molecule has 9 heteroatoms. The molecule has 0 N–H and O–H groups in total. The molecule has 0 saturated carbocycles. The summed E-state index contributed by atoms with van der Waals surface area (Å²) in [5.74, 6) is -3.54. The number of aryl methyl sites for hydroxylation is 1. The van der Waals surface area contributed by atoms with Crippen molar-refractivity contribution in [1.82, 2.24) is 4.57 Å². The minimum atomic E-state index is -2.93. The van der Waals surface area contributed by atoms with E-state index in [-0.39, 0.29) is 11.3 Å². The molecule has 3 rings (SSSR count). The van der Waals surface area contributed by atoms with E-state index in [0.29, 0.717) is 23.1 Å². The number of ether oxygens (including phenoxy) is 2. The smallest absolute Gasteiger partial charge is 0.387 e. The molecule has 0 fully saturated rings. The summed E-state index contributed by atoms with van der Waals surface area (Å²) in [6, 6.07) is 9.85. The van der Waals surface area contributed by atoms with Crippen LogP contribution in [0.5, 0.6) is 5.75 Å². The Balaban J connectivity index is 1.75. The summed E-state index contributed by atoms with van der Waals surface area (Å²) in [4.78, 5) is 24.6. The second-order valence-corrected chi connectivity index (χ2v) is 6.62. The normalized spacial score (nSPS) is 10.9. The van der Waals surface area contributed by atoms with Crippen molar-refractivity contribution in [1.29, 1.82) is 0 Å². The van der Waals surface area contributed by atoms with Gasteiger partial charge in [0.15, 0.2) is 6.61 Å². The van der Waals surface area contributed by atoms with Gasteiger partial charge in [-0.1, -0.05) is 0 Å². The lowest BCUT2D eigenvalue weighted by molar-refractivity contribution is -0.0498. The molecule has 162 valence electrons. The van der Waals surface area contributed by atoms with Crippen molar-refractivity contribution in [3.05, 3.63) is 82.7 Å². The third-order valence-corrected chi connectivity index (χ3v) is 4.54. The summed E-state index contributed by atoms with van der Waals surface area (Å²) in [5.41, 5.74) is 1.62. The maximum Gasteiger partial charge on any atom is 0.387 e. The summed E-state index contributed by atoms with van der Waals surface area (Å²) in [6.45, 7) is -0.157. The van der Waals surface area contributed by atoms with Gasteiger partial charge in [-0.15, -0.1) is 0 Å². The number of esters is 1. The Morgan fingerprint density at radius 2 is 1.65 bits per heavy atom. The van der Waals surface area contributed by atoms with Crippen molar-refractivity contribution in [3.8, 4) is 11.4 Å². The number of hydrogen-bond acceptors (Lipinski definition) is 4. The summed E-state index contributed by atoms with van der Waals surface area (Å²) in [6.07, 6.45) is 0. The SMILES string of the molecule is Cc1cc(C(=O)COC(=O)c2ccc(F)cc2F)c(C)n1-c1ccc(OC(F)F)cc1. The molecule has 0 saturated heterocycles. The van der Waals surface area contributed by atoms with Gasteiger partial charge in [0.25, 0.3) is 0 Å². The number of rotatable bonds is 7. The molecule has 31 heavy (non-hydrogen) atoms. The van der Waals surface area contributed by atoms with Gasteiger partial charge in [0.2, 0.25) is 5.78 Å². The lowest BCUT2D eigenvalue weighted by Gasteiger charge is -2.11. The molecule has 0 aliphatic rings. The molecule has 2 aromatic carbocycles. The van der Waals surface area contributed by atoms with Crippen LogP contribution < -0.4 is 4.74 Å². The quantitative estimate of drug-likeness (QED) is 0.297. The first-order valence-electron chi connectivity index (χ1n) is 9.07. The van der Waals surface area contributed by atoms with Crippen LogP contribution in [0.15, 0.2) is 48.5 Å². The fourth-order valence-corrected chi connectivity index (χ4v) is 3.16. The van der Waals surface area contributed by atoms with Crippen molar-refractivity contribution >= 4 is 11.8 Å². The predicted octanol–water partition coefficient (Wildman–Crippen LogP) is 5.01. The Hall–Kier alpha value is -3.62. The lowest BCUT2D eigenvalue weighted by Crippen LogP contribution is -2.16. The van der Waals surface area contributed by atoms with Crippen LogP contribution in [0.1, 0.15) is 32.1 Å². The first kappa shape index (κ1) is 22.1. The van der Waals surface area contributed by atoms with Crippen molar-refractivity contribution in [2.24, 2.45) is 0 Å². The summed E-state index contributed by atoms with van der Waals surface area (Å²) in [5, 5.41) is 0. The zero-order valence-corrected chi connectivity index (χ0v) is 16.5. The van der Waals surface area contributed by atoms with E-state index in [1.165, 1.54) is 12.1 Å². The highest BCUT2D eigenvalue weighted by Crippen LogP contribution is 2.24. The minimum absolute atomic E-state index is 0.00236. The first-order valence-corrected chi connectivity index (χ1v) is 9.07. The van der Waals surface area contributed by atoms with Crippen LogP contribution in [-0.2, 0) is 4.74 Å². The van der Waals surface area contributed by atoms with Crippen molar-refractivity contribution < 1.29 is 36.6 Å². The molecular weight excluding hydrogens is 418 g/mol. The third kappa shape index (κ3) is 4.93. The van der Waals surface area contributed by atoms with Gasteiger partial charge in [-0.05, 0) is 56.3 Å². The van der Waals surface area contributed by atoms with E-state index in [2.05, 4.69) is 4.74 Å². The summed E-state index contributed by atoms with van der Waals surface area (Å²) < 4.78 is 62.2. The largest absolute Gasteiger partial charge is 0.454 e. The summed E-state index contributed by atoms with van der Waals surface area (Å²) in [7, 11) is 0. The van der Waals surface area contributed by atoms with E-state index >= 15 is 0 Å². The number of hydrogen-bond donors (Lipinski definition) is 0. The number of Topliss-reactive ketones (excluding diaryl/α,β-unsaturated/α-hetero) is 1. The third-order valence-electron chi connectivity index (χ3n) is 4.54. The second kappa shape index (κ2) is 9.03. The zero-order valence-electron chi connectivity index (χ0n) is 16.5. The zero-order chi connectivity index (χ0) is 22.7. The van der Waals surface area contributed by atoms with Crippen LogP contribution in [-0.4, -0.2) is 29.5 Å². The highest BCUT2D eigenvalue weighted by molar-refractivity contribution is 6.00. The molecule has 1 aromatic heterocycles. The fourth-order valence-electron chi connectivity index (χ4n) is 3.16. The van der Waals surface area contributed by atoms with E-state index in [1.54, 1.807) is 36.6 Å². The lowest BCUT2D eigenvalue weighted by atomic mass is 10.1. The maximum absolute atomic E-state index is 13.7. The average Bonchev–Trinajstić information content (AvgIpc) is 3.00. The topological polar surface area (TPSA) is 57.5 Å². The number of carbonyl (C=O) groups excluding carboxylic acids is 2. The number of aromatic nitrogens is 1. The molecule has 0 bridgehead atoms. The number of benzene rings is 2. The molecule has 5 nitrogen and oxygen atoms in total. The average molecular weight is 435 g/mol. The Morgan fingerprint density at radius 1 is 0.968 bits per heavy atom. The van der Waals surface area contributed by atoms with Gasteiger partial charge < -0.3 is 14.0 Å². The molecule has 3 aromatic rings. The molecule has 0 spiro atoms. The standard InChI is InChI=1S/C22H17F4NO4/c1-12-9-18(13(2)27(12)15-4-6-16(7-5-15)31-22(25)26)20(28)11-30-21(29)17-8-3-14(23)10-19(17)24/h3-10,22H,11H2,1-2H3. The van der Waals surface area contributed by atoms with Crippen LogP contribution in [0, 0.1) is 25.5 Å². The van der Waals surface area contributed by atoms with Gasteiger partial charge in [0, 0.05) is 28.7 Å². The van der Waals surface area contributed by atoms with E-state index < -0.39 is 42.2 Å². The van der Waals surface area contributed by atoms with Gasteiger partial charge in [0.05, 0.1) is 5.56 Å². The van der Waals surface area contributed by atoms with E-state index in [1.807, 2.05) is 0 Å². The highest BCUT2D eigenvalue weighted by atomic mass is 19.3. The molecule has 1 heterocycles. The van der Waals surface area contributed by atoms with Gasteiger partial charge >= 0.3 is 12.6 Å². The molecule has 0 aliphatic carbocycles. The van der Waals surface area contributed by atoms with Crippen molar-refractivity contribution in [3.63, 3.8) is 0 Å². The second-order valence-electron chi connectivity index (χ2n) is 6.62. The Labute approximate surface area is 174 Å². The number of ketones is 1. The van der Waals surface area contributed by atoms with E-state index in [4.69, 9.17) is 4.74 Å². The van der Waals surface area contributed by atoms with Crippen LogP contribution in [0.25, 0.3) is 5.69 Å². The van der Waals surface area contributed by atoms with E-state index in [0.717, 1.165) is 12.1 Å².